The molecule has 1 unspecified atom stereocenters. The Kier molecular flexibility index (Phi) is 6.91. The molecular weight excluding hydrogens is 341 g/mol. The van der Waals surface area contributed by atoms with Gasteiger partial charge in [-0.25, -0.2) is 4.79 Å². The van der Waals surface area contributed by atoms with Gasteiger partial charge in [-0.3, -0.25) is 9.88 Å². The molecule has 1 N–H and O–H groups in total. The maximum atomic E-state index is 12.9. The van der Waals surface area contributed by atoms with E-state index < -0.39 is 19.3 Å². The Morgan fingerprint density at radius 2 is 1.60 bits per heavy atom. The van der Waals surface area contributed by atoms with E-state index in [1.54, 1.807) is 24.3 Å². The molecule has 2 aromatic carbocycles. The number of esters is 1. The SMILES string of the molecule is COC(=O)c1ccc(C(NCc2ccccc2)P(=O)(OC)OC)cc1. The first kappa shape index (κ1) is 19.3. The summed E-state index contributed by atoms with van der Waals surface area (Å²) in [5.74, 6) is -1.10. The van der Waals surface area contributed by atoms with Gasteiger partial charge in [0, 0.05) is 20.8 Å². The van der Waals surface area contributed by atoms with Crippen LogP contribution in [0.15, 0.2) is 54.6 Å². The van der Waals surface area contributed by atoms with Gasteiger partial charge in [0.05, 0.1) is 12.7 Å². The fourth-order valence-electron chi connectivity index (χ4n) is 2.43. The van der Waals surface area contributed by atoms with Crippen LogP contribution in [0.2, 0.25) is 0 Å². The van der Waals surface area contributed by atoms with Crippen molar-refractivity contribution in [2.24, 2.45) is 0 Å². The lowest BCUT2D eigenvalue weighted by molar-refractivity contribution is 0.0600. The fraction of sp³-hybridized carbons (Fsp3) is 0.278. The van der Waals surface area contributed by atoms with E-state index in [9.17, 15) is 9.36 Å². The molecule has 0 aromatic heterocycles. The minimum Gasteiger partial charge on any atom is -0.465 e. The highest BCUT2D eigenvalue weighted by atomic mass is 31.2. The van der Waals surface area contributed by atoms with Crippen LogP contribution in [-0.4, -0.2) is 27.3 Å². The van der Waals surface area contributed by atoms with Crippen LogP contribution in [-0.2, 0) is 24.9 Å². The molecule has 0 radical (unpaired) electrons. The van der Waals surface area contributed by atoms with Crippen LogP contribution in [0.3, 0.4) is 0 Å². The first-order chi connectivity index (χ1) is 12.0. The average molecular weight is 363 g/mol. The molecule has 0 spiro atoms. The third-order valence-corrected chi connectivity index (χ3v) is 5.95. The smallest absolute Gasteiger partial charge is 0.351 e. The molecule has 0 saturated carbocycles. The number of methoxy groups -OCH3 is 1. The van der Waals surface area contributed by atoms with Crippen LogP contribution >= 0.6 is 7.60 Å². The summed E-state index contributed by atoms with van der Waals surface area (Å²) < 4.78 is 28.0. The van der Waals surface area contributed by atoms with E-state index in [0.29, 0.717) is 17.7 Å². The summed E-state index contributed by atoms with van der Waals surface area (Å²) in [4.78, 5) is 11.6. The second kappa shape index (κ2) is 8.92. The number of carbonyl (C=O) groups excluding carboxylic acids is 1. The zero-order chi connectivity index (χ0) is 18.3. The average Bonchev–Trinajstić information content (AvgIpc) is 2.68. The quantitative estimate of drug-likeness (QED) is 0.569. The summed E-state index contributed by atoms with van der Waals surface area (Å²) in [5.41, 5.74) is 2.14. The molecule has 2 aromatic rings. The van der Waals surface area contributed by atoms with Gasteiger partial charge in [0.1, 0.15) is 5.78 Å². The van der Waals surface area contributed by atoms with E-state index in [4.69, 9.17) is 13.8 Å². The monoisotopic (exact) mass is 363 g/mol. The molecule has 0 aliphatic heterocycles. The maximum Gasteiger partial charge on any atom is 0.351 e. The zero-order valence-corrected chi connectivity index (χ0v) is 15.4. The Labute approximate surface area is 147 Å². The third kappa shape index (κ3) is 4.77. The minimum absolute atomic E-state index is 0.415. The molecule has 0 saturated heterocycles. The number of carbonyl (C=O) groups is 1. The maximum absolute atomic E-state index is 12.9. The number of benzene rings is 2. The molecule has 7 heteroatoms. The Balaban J connectivity index is 2.28. The number of rotatable bonds is 8. The van der Waals surface area contributed by atoms with Crippen LogP contribution in [0.1, 0.15) is 27.3 Å². The standard InChI is InChI=1S/C18H22NO5P/c1-22-18(20)16-11-9-15(10-12-16)17(25(21,23-2)24-3)19-13-14-7-5-4-6-8-14/h4-12,17,19H,13H2,1-3H3. The highest BCUT2D eigenvalue weighted by Crippen LogP contribution is 2.58. The second-order valence-corrected chi connectivity index (χ2v) is 7.61. The predicted molar refractivity (Wildman–Crippen MR) is 95.4 cm³/mol. The summed E-state index contributed by atoms with van der Waals surface area (Å²) >= 11 is 0. The fourth-order valence-corrected chi connectivity index (χ4v) is 3.85. The molecule has 0 fully saturated rings. The zero-order valence-electron chi connectivity index (χ0n) is 14.5. The lowest BCUT2D eigenvalue weighted by Crippen LogP contribution is -2.22. The molecule has 134 valence electrons. The molecule has 25 heavy (non-hydrogen) atoms. The van der Waals surface area contributed by atoms with Crippen molar-refractivity contribution < 1.29 is 23.1 Å². The summed E-state index contributed by atoms with van der Waals surface area (Å²) in [7, 11) is 0.604. The largest absolute Gasteiger partial charge is 0.465 e. The molecule has 0 aliphatic rings. The van der Waals surface area contributed by atoms with Gasteiger partial charge in [-0.05, 0) is 23.3 Å². The van der Waals surface area contributed by atoms with Crippen molar-refractivity contribution in [1.82, 2.24) is 5.32 Å². The van der Waals surface area contributed by atoms with Gasteiger partial charge >= 0.3 is 13.6 Å². The van der Waals surface area contributed by atoms with Crippen molar-refractivity contribution >= 4 is 13.6 Å². The lowest BCUT2D eigenvalue weighted by Gasteiger charge is -2.26. The summed E-state index contributed by atoms with van der Waals surface area (Å²) in [5, 5.41) is 3.23. The summed E-state index contributed by atoms with van der Waals surface area (Å²) in [6.45, 7) is 0.487. The van der Waals surface area contributed by atoms with Gasteiger partial charge in [-0.15, -0.1) is 0 Å². The van der Waals surface area contributed by atoms with Crippen LogP contribution in [0.25, 0.3) is 0 Å². The number of hydrogen-bond acceptors (Lipinski definition) is 6. The molecule has 0 aliphatic carbocycles. The predicted octanol–water partition coefficient (Wildman–Crippen LogP) is 3.75. The van der Waals surface area contributed by atoms with Gasteiger partial charge in [0.25, 0.3) is 0 Å². The molecule has 1 atom stereocenters. The molecule has 6 nitrogen and oxygen atoms in total. The van der Waals surface area contributed by atoms with Crippen molar-refractivity contribution in [2.75, 3.05) is 21.3 Å². The van der Waals surface area contributed by atoms with Crippen LogP contribution in [0.4, 0.5) is 0 Å². The van der Waals surface area contributed by atoms with E-state index in [-0.39, 0.29) is 0 Å². The van der Waals surface area contributed by atoms with Crippen molar-refractivity contribution in [3.63, 3.8) is 0 Å². The van der Waals surface area contributed by atoms with Crippen LogP contribution in [0.5, 0.6) is 0 Å². The highest BCUT2D eigenvalue weighted by molar-refractivity contribution is 7.54. The van der Waals surface area contributed by atoms with Crippen molar-refractivity contribution in [3.8, 4) is 0 Å². The van der Waals surface area contributed by atoms with E-state index in [0.717, 1.165) is 5.56 Å². The van der Waals surface area contributed by atoms with Gasteiger partial charge < -0.3 is 13.8 Å². The number of ether oxygens (including phenoxy) is 1. The Bertz CT molecular complexity index is 725. The Hall–Kier alpha value is -1.98. The molecule has 0 heterocycles. The van der Waals surface area contributed by atoms with E-state index in [2.05, 4.69) is 5.32 Å². The minimum atomic E-state index is -3.42. The van der Waals surface area contributed by atoms with Crippen LogP contribution < -0.4 is 5.32 Å². The second-order valence-electron chi connectivity index (χ2n) is 5.29. The first-order valence-electron chi connectivity index (χ1n) is 7.71. The lowest BCUT2D eigenvalue weighted by atomic mass is 10.1. The molecule has 0 bridgehead atoms. The van der Waals surface area contributed by atoms with Crippen LogP contribution in [0, 0.1) is 0 Å². The van der Waals surface area contributed by atoms with Gasteiger partial charge in [0.15, 0.2) is 0 Å². The van der Waals surface area contributed by atoms with Gasteiger partial charge in [0.2, 0.25) is 0 Å². The normalized spacial score (nSPS) is 12.6. The molecule has 0 amide bonds. The van der Waals surface area contributed by atoms with Crippen molar-refractivity contribution in [3.05, 3.63) is 71.3 Å². The summed E-state index contributed by atoms with van der Waals surface area (Å²) in [6.07, 6.45) is 0. The highest BCUT2D eigenvalue weighted by Gasteiger charge is 2.35. The number of hydrogen-bond donors (Lipinski definition) is 1. The first-order valence-corrected chi connectivity index (χ1v) is 9.32. The van der Waals surface area contributed by atoms with E-state index in [1.807, 2.05) is 30.3 Å². The van der Waals surface area contributed by atoms with Crippen molar-refractivity contribution in [1.29, 1.82) is 0 Å². The third-order valence-electron chi connectivity index (χ3n) is 3.82. The topological polar surface area (TPSA) is 73.9 Å². The van der Waals surface area contributed by atoms with Gasteiger partial charge in [-0.1, -0.05) is 42.5 Å². The van der Waals surface area contributed by atoms with E-state index in [1.165, 1.54) is 21.3 Å². The molecular formula is C18H22NO5P. The van der Waals surface area contributed by atoms with Crippen molar-refractivity contribution in [2.45, 2.75) is 12.3 Å². The Morgan fingerprint density at radius 3 is 2.12 bits per heavy atom. The van der Waals surface area contributed by atoms with Gasteiger partial charge in [-0.2, -0.15) is 0 Å². The summed E-state index contributed by atoms with van der Waals surface area (Å²) in [6, 6.07) is 16.4. The Morgan fingerprint density at radius 1 is 1.00 bits per heavy atom. The molecule has 2 rings (SSSR count). The van der Waals surface area contributed by atoms with E-state index >= 15 is 0 Å². The number of nitrogens with one attached hydrogen (secondary N) is 1.